The molecule has 15 heavy (non-hydrogen) atoms. The Labute approximate surface area is 96.4 Å². The molecule has 1 aromatic rings. The van der Waals surface area contributed by atoms with Gasteiger partial charge in [0.05, 0.1) is 7.11 Å². The molecule has 0 aliphatic rings. The van der Waals surface area contributed by atoms with Crippen LogP contribution < -0.4 is 28.7 Å². The van der Waals surface area contributed by atoms with Crippen molar-refractivity contribution in [2.45, 2.75) is 5.92 Å². The number of methoxy groups -OCH3 is 1. The molecule has 0 unspecified atom stereocenters. The first-order chi connectivity index (χ1) is 6.48. The average Bonchev–Trinajstić information content (AvgIpc) is 2.17. The Bertz CT molecular complexity index is 359. The summed E-state index contributed by atoms with van der Waals surface area (Å²) in [4.78, 5) is 13.4. The van der Waals surface area contributed by atoms with Crippen molar-refractivity contribution in [3.05, 3.63) is 23.9 Å². The van der Waals surface area contributed by atoms with Crippen LogP contribution in [0.3, 0.4) is 0 Å². The second-order valence-electron chi connectivity index (χ2n) is 2.43. The first kappa shape index (κ1) is 13.9. The number of ether oxygens (including phenoxy) is 1. The van der Waals surface area contributed by atoms with Gasteiger partial charge in [0.15, 0.2) is 0 Å². The molecule has 0 bridgehead atoms. The average molecular weight is 209 g/mol. The van der Waals surface area contributed by atoms with Gasteiger partial charge in [-0.25, -0.2) is 4.98 Å². The summed E-state index contributed by atoms with van der Waals surface area (Å²) >= 11 is 0. The van der Waals surface area contributed by atoms with Crippen molar-refractivity contribution in [2.75, 3.05) is 7.11 Å². The van der Waals surface area contributed by atoms with Crippen molar-refractivity contribution in [1.82, 2.24) is 4.98 Å². The molecule has 0 aromatic carbocycles. The molecule has 0 spiro atoms. The molecule has 0 aliphatic carbocycles. The van der Waals surface area contributed by atoms with E-state index >= 15 is 0 Å². The number of alkyl halides is 2. The Hall–Kier alpha value is -1.12. The third kappa shape index (κ3) is 2.91. The largest absolute Gasteiger partial charge is 1.00 e. The number of aliphatic carboxylic acids is 1. The summed E-state index contributed by atoms with van der Waals surface area (Å²) in [6.07, 6.45) is 0. The summed E-state index contributed by atoms with van der Waals surface area (Å²) in [6.45, 7) is 0. The van der Waals surface area contributed by atoms with E-state index in [0.29, 0.717) is 0 Å². The molecule has 1 rings (SSSR count). The number of carbonyl (C=O) groups excluding carboxylic acids is 1. The zero-order valence-electron chi connectivity index (χ0n) is 8.16. The van der Waals surface area contributed by atoms with E-state index in [-0.39, 0.29) is 24.7 Å². The Balaban J connectivity index is 0.00000196. The molecule has 4 nitrogen and oxygen atoms in total. The normalized spacial score (nSPS) is 10.3. The SMILES string of the molecule is COc1cccc(C(F)(F)C(=O)[O-])n1.[Li+]. The first-order valence-electron chi connectivity index (χ1n) is 3.59. The summed E-state index contributed by atoms with van der Waals surface area (Å²) in [5.41, 5.74) is -0.906. The molecular formula is C8H6F2LiNO3. The van der Waals surface area contributed by atoms with Gasteiger partial charge >= 0.3 is 24.8 Å². The summed E-state index contributed by atoms with van der Waals surface area (Å²) in [7, 11) is 1.24. The summed E-state index contributed by atoms with van der Waals surface area (Å²) in [6, 6.07) is 3.44. The second-order valence-corrected chi connectivity index (χ2v) is 2.43. The number of hydrogen-bond acceptors (Lipinski definition) is 4. The molecule has 1 aromatic heterocycles. The van der Waals surface area contributed by atoms with Gasteiger partial charge in [0, 0.05) is 6.07 Å². The van der Waals surface area contributed by atoms with Gasteiger partial charge in [-0.1, -0.05) is 6.07 Å². The summed E-state index contributed by atoms with van der Waals surface area (Å²) in [5, 5.41) is 10.1. The Morgan fingerprint density at radius 2 is 2.13 bits per heavy atom. The molecule has 0 amide bonds. The van der Waals surface area contributed by atoms with Crippen LogP contribution in [0.1, 0.15) is 5.69 Å². The van der Waals surface area contributed by atoms with Crippen LogP contribution in [0.15, 0.2) is 18.2 Å². The molecule has 0 radical (unpaired) electrons. The molecule has 0 atom stereocenters. The third-order valence-electron chi connectivity index (χ3n) is 1.51. The van der Waals surface area contributed by atoms with Crippen molar-refractivity contribution in [2.24, 2.45) is 0 Å². The zero-order chi connectivity index (χ0) is 10.8. The van der Waals surface area contributed by atoms with E-state index in [2.05, 4.69) is 9.72 Å². The molecule has 0 N–H and O–H groups in total. The Morgan fingerprint density at radius 1 is 1.53 bits per heavy atom. The fourth-order valence-corrected chi connectivity index (χ4v) is 0.808. The number of hydrogen-bond donors (Lipinski definition) is 0. The molecule has 1 heterocycles. The predicted molar refractivity (Wildman–Crippen MR) is 39.7 cm³/mol. The standard InChI is InChI=1S/C8H7F2NO3.Li/c1-14-6-4-2-3-5(11-6)8(9,10)7(12)13;/h2-4H,1H3,(H,12,13);/q;+1/p-1. The molecule has 76 valence electrons. The van der Waals surface area contributed by atoms with E-state index in [1.165, 1.54) is 19.2 Å². The quantitative estimate of drug-likeness (QED) is 0.496. The van der Waals surface area contributed by atoms with Gasteiger partial charge in [-0.3, -0.25) is 0 Å². The monoisotopic (exact) mass is 209 g/mol. The topological polar surface area (TPSA) is 62.2 Å². The van der Waals surface area contributed by atoms with E-state index < -0.39 is 17.6 Å². The van der Waals surface area contributed by atoms with Gasteiger partial charge in [-0.15, -0.1) is 0 Å². The maximum absolute atomic E-state index is 12.8. The van der Waals surface area contributed by atoms with E-state index in [9.17, 15) is 18.7 Å². The van der Waals surface area contributed by atoms with Crippen LogP contribution in [-0.2, 0) is 10.7 Å². The van der Waals surface area contributed by atoms with Gasteiger partial charge in [0.1, 0.15) is 11.7 Å². The van der Waals surface area contributed by atoms with Gasteiger partial charge in [0.25, 0.3) is 0 Å². The van der Waals surface area contributed by atoms with E-state index in [4.69, 9.17) is 0 Å². The summed E-state index contributed by atoms with van der Waals surface area (Å²) in [5.74, 6) is -6.67. The fraction of sp³-hybridized carbons (Fsp3) is 0.250. The van der Waals surface area contributed by atoms with Crippen LogP contribution in [0.2, 0.25) is 0 Å². The number of carboxylic acid groups (broad SMARTS) is 1. The number of aromatic nitrogens is 1. The molecule has 0 fully saturated rings. The zero-order valence-corrected chi connectivity index (χ0v) is 8.16. The van der Waals surface area contributed by atoms with Crippen molar-refractivity contribution in [3.63, 3.8) is 0 Å². The molecule has 0 aliphatic heterocycles. The van der Waals surface area contributed by atoms with Crippen LogP contribution >= 0.6 is 0 Å². The van der Waals surface area contributed by atoms with Crippen LogP contribution in [-0.4, -0.2) is 18.1 Å². The predicted octanol–water partition coefficient (Wildman–Crippen LogP) is -3.06. The maximum atomic E-state index is 12.8. The minimum atomic E-state index is -4.10. The Morgan fingerprint density at radius 3 is 2.60 bits per heavy atom. The Kier molecular flexibility index (Phi) is 4.72. The van der Waals surface area contributed by atoms with E-state index in [1.807, 2.05) is 0 Å². The third-order valence-corrected chi connectivity index (χ3v) is 1.51. The summed E-state index contributed by atoms with van der Waals surface area (Å²) < 4.78 is 30.2. The van der Waals surface area contributed by atoms with Crippen LogP contribution in [0.5, 0.6) is 5.88 Å². The van der Waals surface area contributed by atoms with Gasteiger partial charge in [-0.05, 0) is 6.07 Å². The van der Waals surface area contributed by atoms with E-state index in [0.717, 1.165) is 6.07 Å². The number of pyridine rings is 1. The molecular weight excluding hydrogens is 203 g/mol. The molecule has 0 saturated heterocycles. The van der Waals surface area contributed by atoms with Gasteiger partial charge in [-0.2, -0.15) is 8.78 Å². The smallest absolute Gasteiger partial charge is 0.544 e. The second kappa shape index (κ2) is 5.10. The number of nitrogens with zero attached hydrogens (tertiary/aromatic N) is 1. The fourth-order valence-electron chi connectivity index (χ4n) is 0.808. The minimum Gasteiger partial charge on any atom is -0.544 e. The molecule has 0 saturated carbocycles. The van der Waals surface area contributed by atoms with Crippen molar-refractivity contribution in [3.8, 4) is 5.88 Å². The maximum Gasteiger partial charge on any atom is 1.00 e. The minimum absolute atomic E-state index is 0. The van der Waals surface area contributed by atoms with Crippen LogP contribution in [0.4, 0.5) is 8.78 Å². The number of rotatable bonds is 3. The van der Waals surface area contributed by atoms with E-state index in [1.54, 1.807) is 0 Å². The number of halogens is 2. The number of carboxylic acids is 1. The van der Waals surface area contributed by atoms with Crippen LogP contribution in [0, 0.1) is 0 Å². The van der Waals surface area contributed by atoms with Gasteiger partial charge < -0.3 is 14.6 Å². The van der Waals surface area contributed by atoms with Crippen molar-refractivity contribution >= 4 is 5.97 Å². The molecule has 7 heteroatoms. The number of carbonyl (C=O) groups is 1. The van der Waals surface area contributed by atoms with Crippen molar-refractivity contribution < 1.29 is 42.3 Å². The van der Waals surface area contributed by atoms with Crippen LogP contribution in [0.25, 0.3) is 0 Å². The van der Waals surface area contributed by atoms with Crippen molar-refractivity contribution in [1.29, 1.82) is 0 Å². The first-order valence-corrected chi connectivity index (χ1v) is 3.59. The van der Waals surface area contributed by atoms with Gasteiger partial charge in [0.2, 0.25) is 5.88 Å².